The molecule has 1 aliphatic heterocycles. The predicted molar refractivity (Wildman–Crippen MR) is 103 cm³/mol. The number of nitrogens with zero attached hydrogens (tertiary/aromatic N) is 2. The minimum absolute atomic E-state index is 0.0373. The lowest BCUT2D eigenvalue weighted by Crippen LogP contribution is -2.42. The molecule has 26 heavy (non-hydrogen) atoms. The van der Waals surface area contributed by atoms with Gasteiger partial charge in [-0.3, -0.25) is 14.4 Å². The van der Waals surface area contributed by atoms with Gasteiger partial charge < -0.3 is 14.8 Å². The number of carbonyl (C=O) groups excluding carboxylic acids is 2. The number of hydrogen-bond acceptors (Lipinski definition) is 3. The normalized spacial score (nSPS) is 17.7. The monoisotopic (exact) mass is 361 g/mol. The first kappa shape index (κ1) is 20.2. The van der Waals surface area contributed by atoms with E-state index in [1.54, 1.807) is 21.9 Å². The van der Waals surface area contributed by atoms with Gasteiger partial charge in [-0.1, -0.05) is 20.8 Å². The summed E-state index contributed by atoms with van der Waals surface area (Å²) in [5, 5.41) is 2.78. The highest BCUT2D eigenvalue weighted by atomic mass is 16.2. The maximum absolute atomic E-state index is 13.0. The molecule has 1 aromatic rings. The SMILES string of the molecule is CC(C)CNC(=O)c1cn(C(C)C)cc(C(=O)N2CCC[C@H](C)C2)c1=O. The molecule has 6 heteroatoms. The van der Waals surface area contributed by atoms with Gasteiger partial charge in [-0.15, -0.1) is 0 Å². The molecule has 1 N–H and O–H groups in total. The molecule has 1 fully saturated rings. The van der Waals surface area contributed by atoms with E-state index in [0.717, 1.165) is 12.8 Å². The van der Waals surface area contributed by atoms with Crippen molar-refractivity contribution in [2.75, 3.05) is 19.6 Å². The minimum Gasteiger partial charge on any atom is -0.352 e. The fourth-order valence-corrected chi connectivity index (χ4v) is 3.15. The quantitative estimate of drug-likeness (QED) is 0.876. The zero-order valence-corrected chi connectivity index (χ0v) is 16.5. The molecule has 0 aromatic carbocycles. The fourth-order valence-electron chi connectivity index (χ4n) is 3.15. The van der Waals surface area contributed by atoms with Crippen molar-refractivity contribution in [3.8, 4) is 0 Å². The molecule has 1 saturated heterocycles. The number of carbonyl (C=O) groups is 2. The van der Waals surface area contributed by atoms with Gasteiger partial charge in [0.2, 0.25) is 5.43 Å². The average molecular weight is 361 g/mol. The summed E-state index contributed by atoms with van der Waals surface area (Å²) in [4.78, 5) is 40.1. The number of piperidine rings is 1. The molecule has 0 aliphatic carbocycles. The molecule has 0 spiro atoms. The standard InChI is InChI=1S/C20H31N3O3/c1-13(2)9-21-19(25)16-11-23(14(3)4)12-17(18(16)24)20(26)22-8-6-7-15(5)10-22/h11-15H,6-10H2,1-5H3,(H,21,25)/t15-/m0/s1. The molecule has 1 atom stereocenters. The molecule has 1 aromatic heterocycles. The Kier molecular flexibility index (Phi) is 6.62. The van der Waals surface area contributed by atoms with Gasteiger partial charge in [0.05, 0.1) is 0 Å². The summed E-state index contributed by atoms with van der Waals surface area (Å²) in [6.07, 6.45) is 5.18. The second kappa shape index (κ2) is 8.52. The van der Waals surface area contributed by atoms with Gasteiger partial charge in [0, 0.05) is 38.1 Å². The van der Waals surface area contributed by atoms with Crippen LogP contribution in [0.5, 0.6) is 0 Å². The second-order valence-corrected chi connectivity index (χ2v) is 8.06. The highest BCUT2D eigenvalue weighted by Crippen LogP contribution is 2.18. The Balaban J connectivity index is 2.40. The number of aromatic nitrogens is 1. The van der Waals surface area contributed by atoms with Crippen molar-refractivity contribution in [2.24, 2.45) is 11.8 Å². The fraction of sp³-hybridized carbons (Fsp3) is 0.650. The van der Waals surface area contributed by atoms with Crippen LogP contribution in [-0.4, -0.2) is 40.9 Å². The zero-order valence-electron chi connectivity index (χ0n) is 16.5. The average Bonchev–Trinajstić information content (AvgIpc) is 2.59. The summed E-state index contributed by atoms with van der Waals surface area (Å²) in [5.41, 5.74) is -0.355. The van der Waals surface area contributed by atoms with E-state index < -0.39 is 11.3 Å². The molecule has 0 bridgehead atoms. The maximum Gasteiger partial charge on any atom is 0.259 e. The number of rotatable bonds is 5. The summed E-state index contributed by atoms with van der Waals surface area (Å²) in [6.45, 7) is 11.8. The van der Waals surface area contributed by atoms with Crippen molar-refractivity contribution in [3.63, 3.8) is 0 Å². The Morgan fingerprint density at radius 3 is 2.42 bits per heavy atom. The predicted octanol–water partition coefficient (Wildman–Crippen LogP) is 2.69. The summed E-state index contributed by atoms with van der Waals surface area (Å²) in [7, 11) is 0. The van der Waals surface area contributed by atoms with Gasteiger partial charge in [-0.05, 0) is 38.5 Å². The van der Waals surface area contributed by atoms with Gasteiger partial charge in [0.25, 0.3) is 11.8 Å². The van der Waals surface area contributed by atoms with Crippen LogP contribution < -0.4 is 10.7 Å². The van der Waals surface area contributed by atoms with Crippen LogP contribution in [-0.2, 0) is 0 Å². The Morgan fingerprint density at radius 2 is 1.85 bits per heavy atom. The number of amides is 2. The van der Waals surface area contributed by atoms with Crippen LogP contribution in [0, 0.1) is 11.8 Å². The van der Waals surface area contributed by atoms with Crippen LogP contribution in [0.2, 0.25) is 0 Å². The lowest BCUT2D eigenvalue weighted by atomic mass is 9.99. The van der Waals surface area contributed by atoms with Crippen molar-refractivity contribution >= 4 is 11.8 Å². The van der Waals surface area contributed by atoms with E-state index in [9.17, 15) is 14.4 Å². The third kappa shape index (κ3) is 4.74. The van der Waals surface area contributed by atoms with Crippen LogP contribution in [0.4, 0.5) is 0 Å². The highest BCUT2D eigenvalue weighted by Gasteiger charge is 2.26. The van der Waals surface area contributed by atoms with E-state index in [4.69, 9.17) is 0 Å². The van der Waals surface area contributed by atoms with E-state index in [1.165, 1.54) is 0 Å². The van der Waals surface area contributed by atoms with Crippen molar-refractivity contribution in [3.05, 3.63) is 33.7 Å². The van der Waals surface area contributed by atoms with E-state index in [1.807, 2.05) is 27.7 Å². The molecule has 0 unspecified atom stereocenters. The topological polar surface area (TPSA) is 71.4 Å². The van der Waals surface area contributed by atoms with Crippen molar-refractivity contribution < 1.29 is 9.59 Å². The lowest BCUT2D eigenvalue weighted by molar-refractivity contribution is 0.0680. The van der Waals surface area contributed by atoms with Crippen LogP contribution in [0.25, 0.3) is 0 Å². The minimum atomic E-state index is -0.480. The number of nitrogens with one attached hydrogen (secondary N) is 1. The number of hydrogen-bond donors (Lipinski definition) is 1. The largest absolute Gasteiger partial charge is 0.352 e. The van der Waals surface area contributed by atoms with Crippen molar-refractivity contribution in [1.29, 1.82) is 0 Å². The molecular weight excluding hydrogens is 330 g/mol. The zero-order chi connectivity index (χ0) is 19.4. The Labute approximate surface area is 155 Å². The van der Waals surface area contributed by atoms with E-state index in [0.29, 0.717) is 25.6 Å². The smallest absolute Gasteiger partial charge is 0.259 e. The van der Waals surface area contributed by atoms with Crippen molar-refractivity contribution in [2.45, 2.75) is 53.5 Å². The molecule has 6 nitrogen and oxygen atoms in total. The van der Waals surface area contributed by atoms with Gasteiger partial charge in [-0.25, -0.2) is 0 Å². The van der Waals surface area contributed by atoms with Crippen LogP contribution in [0.15, 0.2) is 17.2 Å². The molecule has 0 radical (unpaired) electrons. The van der Waals surface area contributed by atoms with E-state index in [-0.39, 0.29) is 29.0 Å². The molecule has 2 rings (SSSR count). The van der Waals surface area contributed by atoms with Crippen LogP contribution >= 0.6 is 0 Å². The third-order valence-corrected chi connectivity index (χ3v) is 4.73. The van der Waals surface area contributed by atoms with Crippen LogP contribution in [0.3, 0.4) is 0 Å². The first-order valence-electron chi connectivity index (χ1n) is 9.54. The Morgan fingerprint density at radius 1 is 1.19 bits per heavy atom. The molecular formula is C20H31N3O3. The van der Waals surface area contributed by atoms with Crippen molar-refractivity contribution in [1.82, 2.24) is 14.8 Å². The lowest BCUT2D eigenvalue weighted by Gasteiger charge is -2.31. The van der Waals surface area contributed by atoms with Gasteiger partial charge in [-0.2, -0.15) is 0 Å². The Hall–Kier alpha value is -2.11. The maximum atomic E-state index is 13.0. The molecule has 144 valence electrons. The summed E-state index contributed by atoms with van der Waals surface area (Å²) in [6, 6.07) is 0.0408. The highest BCUT2D eigenvalue weighted by molar-refractivity contribution is 5.99. The first-order chi connectivity index (χ1) is 12.2. The molecule has 2 heterocycles. The Bertz CT molecular complexity index is 722. The number of pyridine rings is 1. The van der Waals surface area contributed by atoms with E-state index in [2.05, 4.69) is 12.2 Å². The molecule has 2 amide bonds. The van der Waals surface area contributed by atoms with Crippen LogP contribution in [0.1, 0.15) is 74.2 Å². The number of likely N-dealkylation sites (tertiary alicyclic amines) is 1. The summed E-state index contributed by atoms with van der Waals surface area (Å²) >= 11 is 0. The summed E-state index contributed by atoms with van der Waals surface area (Å²) < 4.78 is 1.77. The first-order valence-corrected chi connectivity index (χ1v) is 9.54. The summed E-state index contributed by atoms with van der Waals surface area (Å²) in [5.74, 6) is 0.0256. The molecule has 1 aliphatic rings. The third-order valence-electron chi connectivity index (χ3n) is 4.73. The second-order valence-electron chi connectivity index (χ2n) is 8.06. The van der Waals surface area contributed by atoms with E-state index >= 15 is 0 Å². The van der Waals surface area contributed by atoms with Gasteiger partial charge in [0.1, 0.15) is 11.1 Å². The molecule has 0 saturated carbocycles. The van der Waals surface area contributed by atoms with Gasteiger partial charge >= 0.3 is 0 Å². The van der Waals surface area contributed by atoms with Gasteiger partial charge in [0.15, 0.2) is 0 Å².